The Morgan fingerprint density at radius 3 is 1.35 bits per heavy atom. The number of nitrogens with two attached hydrogens (primary N) is 2. The molecular weight excluding hydrogens is 442 g/mol. The van der Waals surface area contributed by atoms with Crippen LogP contribution in [-0.4, -0.2) is 137 Å². The number of hydrogen-bond acceptors (Lipinski definition) is 11. The van der Waals surface area contributed by atoms with Crippen molar-refractivity contribution in [1.82, 2.24) is 0 Å². The van der Waals surface area contributed by atoms with Gasteiger partial charge in [-0.3, -0.25) is 4.79 Å². The number of unbranched alkanes of at least 4 members (excludes halogenated alkanes) is 1. The molecule has 0 aromatic heterocycles. The van der Waals surface area contributed by atoms with E-state index in [1.54, 1.807) is 0 Å². The van der Waals surface area contributed by atoms with E-state index in [1.165, 1.54) is 0 Å². The standard InChI is InChI=1S/C6H14N2O2.3Ca.2H3O4P/c7-4-2-1-3-5(8)6(9)10;;;;2*1-5(2,3)4/h5H,1-4,7-8H2,(H,9,10);;;;2*(H3,1,2,3,4)/q;3*+2;;/p-6/t5-;;;;;/m0...../s1. The van der Waals surface area contributed by atoms with Crippen LogP contribution in [0.4, 0.5) is 0 Å². The summed E-state index contributed by atoms with van der Waals surface area (Å²) in [6.07, 6.45) is 2.16. The Hall–Kier alpha value is 3.39. The molecule has 0 saturated carbocycles. The second kappa shape index (κ2) is 23.4. The number of aliphatic carboxylic acids is 1. The molecule has 1 atom stereocenters. The molecule has 0 aliphatic rings. The van der Waals surface area contributed by atoms with E-state index in [-0.39, 0.29) is 113 Å². The van der Waals surface area contributed by atoms with E-state index < -0.39 is 27.7 Å². The van der Waals surface area contributed by atoms with E-state index in [4.69, 9.17) is 55.1 Å². The van der Waals surface area contributed by atoms with Crippen molar-refractivity contribution in [3.63, 3.8) is 0 Å². The summed E-state index contributed by atoms with van der Waals surface area (Å²) in [6, 6.07) is -0.716. The summed E-state index contributed by atoms with van der Waals surface area (Å²) in [5, 5.41) is 8.33. The predicted molar refractivity (Wildman–Crippen MR) is 71.0 cm³/mol. The van der Waals surface area contributed by atoms with Crippen molar-refractivity contribution in [2.75, 3.05) is 6.54 Å². The molecule has 0 fully saturated rings. The molecule has 0 aliphatic heterocycles. The summed E-state index contributed by atoms with van der Waals surface area (Å²) in [6.45, 7) is 0.604. The summed E-state index contributed by atoms with van der Waals surface area (Å²) < 4.78 is 17.1. The monoisotopic (exact) mass is 456 g/mol. The van der Waals surface area contributed by atoms with Gasteiger partial charge in [0.15, 0.2) is 0 Å². The smallest absolute Gasteiger partial charge is 0.822 e. The molecule has 0 amide bonds. The predicted octanol–water partition coefficient (Wildman–Crippen LogP) is -7.26. The van der Waals surface area contributed by atoms with Crippen molar-refractivity contribution in [2.24, 2.45) is 11.5 Å². The zero-order chi connectivity index (χ0) is 17.0. The van der Waals surface area contributed by atoms with Gasteiger partial charge >= 0.3 is 119 Å². The van der Waals surface area contributed by atoms with Crippen LogP contribution < -0.4 is 40.8 Å². The van der Waals surface area contributed by atoms with Crippen LogP contribution in [0.25, 0.3) is 0 Å². The van der Waals surface area contributed by atoms with E-state index in [9.17, 15) is 4.79 Å². The van der Waals surface area contributed by atoms with Crippen molar-refractivity contribution < 1.29 is 48.4 Å². The van der Waals surface area contributed by atoms with Gasteiger partial charge in [-0.25, -0.2) is 0 Å². The maximum atomic E-state index is 10.1. The number of hydrogen-bond donors (Lipinski definition) is 3. The van der Waals surface area contributed by atoms with Gasteiger partial charge in [0.1, 0.15) is 6.04 Å². The second-order valence-corrected chi connectivity index (χ2v) is 4.91. The van der Waals surface area contributed by atoms with Gasteiger partial charge in [0.05, 0.1) is 0 Å². The average molecular weight is 456 g/mol. The zero-order valence-electron chi connectivity index (χ0n) is 12.2. The summed E-state index contributed by atoms with van der Waals surface area (Å²) in [7, 11) is -10.8. The topological polar surface area (TPSA) is 262 Å². The maximum absolute atomic E-state index is 10.1. The number of carboxylic acids is 1. The van der Waals surface area contributed by atoms with E-state index in [0.29, 0.717) is 13.0 Å². The number of phosphoric acid groups is 2. The van der Waals surface area contributed by atoms with Gasteiger partial charge in [-0.05, 0) is 19.4 Å². The number of carbonyl (C=O) groups is 1. The van der Waals surface area contributed by atoms with E-state index in [1.807, 2.05) is 0 Å². The van der Waals surface area contributed by atoms with Crippen molar-refractivity contribution in [2.45, 2.75) is 25.3 Å². The molecule has 124 valence electrons. The molecule has 0 radical (unpaired) electrons. The van der Waals surface area contributed by atoms with Crippen LogP contribution in [0.2, 0.25) is 0 Å². The van der Waals surface area contributed by atoms with Gasteiger partial charge in [0.2, 0.25) is 0 Å². The third kappa shape index (κ3) is 90.5. The van der Waals surface area contributed by atoms with Gasteiger partial charge < -0.3 is 55.1 Å². The molecule has 0 aromatic rings. The minimum Gasteiger partial charge on any atom is -0.822 e. The number of rotatable bonds is 5. The Kier molecular flexibility index (Phi) is 41.7. The van der Waals surface area contributed by atoms with Gasteiger partial charge in [0, 0.05) is 0 Å². The molecule has 0 bridgehead atoms. The van der Waals surface area contributed by atoms with Crippen LogP contribution in [0.1, 0.15) is 19.3 Å². The Labute approximate surface area is 222 Å². The van der Waals surface area contributed by atoms with Crippen LogP contribution in [-0.2, 0) is 13.9 Å². The van der Waals surface area contributed by atoms with Crippen molar-refractivity contribution >= 4 is 135 Å². The fourth-order valence-corrected chi connectivity index (χ4v) is 0.632. The third-order valence-electron chi connectivity index (χ3n) is 1.29. The zero-order valence-corrected chi connectivity index (χ0v) is 20.6. The van der Waals surface area contributed by atoms with Gasteiger partial charge in [-0.2, -0.15) is 15.6 Å². The Morgan fingerprint density at radius 2 is 1.17 bits per heavy atom. The van der Waals surface area contributed by atoms with E-state index in [0.717, 1.165) is 12.8 Å². The summed E-state index contributed by atoms with van der Waals surface area (Å²) in [5.74, 6) is -0.933. The van der Waals surface area contributed by atoms with Crippen molar-refractivity contribution in [1.29, 1.82) is 0 Å². The van der Waals surface area contributed by atoms with Crippen LogP contribution in [0, 0.1) is 0 Å². The Morgan fingerprint density at radius 1 is 0.913 bits per heavy atom. The second-order valence-electron chi connectivity index (χ2n) is 3.12. The fourth-order valence-electron chi connectivity index (χ4n) is 0.632. The van der Waals surface area contributed by atoms with Gasteiger partial charge in [0.25, 0.3) is 0 Å². The molecule has 0 unspecified atom stereocenters. The summed E-state index contributed by atoms with van der Waals surface area (Å²) >= 11 is 0. The van der Waals surface area contributed by atoms with Crippen molar-refractivity contribution in [3.8, 4) is 0 Å². The first-order valence-electron chi connectivity index (χ1n) is 4.83. The van der Waals surface area contributed by atoms with Gasteiger partial charge in [-0.1, -0.05) is 6.42 Å². The van der Waals surface area contributed by atoms with Crippen LogP contribution in [0.15, 0.2) is 0 Å². The third-order valence-corrected chi connectivity index (χ3v) is 1.29. The van der Waals surface area contributed by atoms with Crippen LogP contribution >= 0.6 is 15.6 Å². The fraction of sp³-hybridized carbons (Fsp3) is 0.833. The Balaban J connectivity index is -0.0000000483. The molecule has 0 rings (SSSR count). The largest absolute Gasteiger partial charge is 2.00 e. The summed E-state index contributed by atoms with van der Waals surface area (Å²) in [5.41, 5.74) is 10.4. The van der Waals surface area contributed by atoms with E-state index in [2.05, 4.69) is 0 Å². The number of carboxylic acid groups (broad SMARTS) is 1. The quantitative estimate of drug-likeness (QED) is 0.198. The van der Waals surface area contributed by atoms with Crippen molar-refractivity contribution in [3.05, 3.63) is 0 Å². The molecule has 0 aliphatic carbocycles. The minimum atomic E-state index is -5.39. The summed E-state index contributed by atoms with van der Waals surface area (Å²) in [4.78, 5) is 61.4. The molecule has 0 heterocycles. The molecule has 17 heteroatoms. The normalized spacial score (nSPS) is 10.8. The van der Waals surface area contributed by atoms with Gasteiger partial charge in [-0.15, -0.1) is 0 Å². The molecule has 12 nitrogen and oxygen atoms in total. The first-order chi connectivity index (χ1) is 8.68. The molecule has 0 saturated heterocycles. The molecule has 0 aromatic carbocycles. The first kappa shape index (κ1) is 40.9. The van der Waals surface area contributed by atoms with Crippen LogP contribution in [0.5, 0.6) is 0 Å². The Bertz CT molecular complexity index is 315. The maximum Gasteiger partial charge on any atom is 2.00 e. The van der Waals surface area contributed by atoms with Crippen LogP contribution in [0.3, 0.4) is 0 Å². The molecular formula is C6H14Ca3N2O10P2. The average Bonchev–Trinajstić information content (AvgIpc) is 2.12. The SMILES string of the molecule is NCCCC[C@H](N)C(=O)O.O=P([O-])([O-])[O-].O=P([O-])([O-])[O-].[Ca+2].[Ca+2].[Ca+2]. The molecule has 0 spiro atoms. The first-order valence-corrected chi connectivity index (χ1v) is 7.75. The minimum absolute atomic E-state index is 0. The van der Waals surface area contributed by atoms with E-state index >= 15 is 0 Å². The molecule has 23 heavy (non-hydrogen) atoms. The molecule has 5 N–H and O–H groups in total.